The monoisotopic (exact) mass is 545 g/mol. The van der Waals surface area contributed by atoms with Gasteiger partial charge in [0, 0.05) is 52.8 Å². The zero-order chi connectivity index (χ0) is 28.1. The average molecular weight is 546 g/mol. The molecule has 3 heterocycles. The Bertz CT molecular complexity index is 1330. The zero-order valence-corrected chi connectivity index (χ0v) is 23.7. The van der Waals surface area contributed by atoms with Gasteiger partial charge < -0.3 is 23.7 Å². The minimum atomic E-state index is -0.151. The van der Waals surface area contributed by atoms with Gasteiger partial charge in [-0.3, -0.25) is 14.5 Å². The number of nitrogens with zero attached hydrogens (tertiary/aromatic N) is 3. The summed E-state index contributed by atoms with van der Waals surface area (Å²) >= 11 is 0. The van der Waals surface area contributed by atoms with Crippen LogP contribution in [0.2, 0.25) is 0 Å². The summed E-state index contributed by atoms with van der Waals surface area (Å²) in [5, 5.41) is 0. The molecule has 2 aliphatic heterocycles. The van der Waals surface area contributed by atoms with E-state index in [9.17, 15) is 9.59 Å². The topological polar surface area (TPSA) is 75.5 Å². The molecular weight excluding hydrogens is 506 g/mol. The van der Waals surface area contributed by atoms with Gasteiger partial charge in [0.05, 0.1) is 12.6 Å². The van der Waals surface area contributed by atoms with Crippen molar-refractivity contribution < 1.29 is 23.5 Å². The summed E-state index contributed by atoms with van der Waals surface area (Å²) in [6.07, 6.45) is 1.28. The number of furan rings is 1. The van der Waals surface area contributed by atoms with Crippen LogP contribution in [0.5, 0.6) is 5.75 Å². The number of piperazine rings is 1. The van der Waals surface area contributed by atoms with Crippen LogP contribution in [-0.4, -0.2) is 79.5 Å². The molecule has 2 aromatic carbocycles. The lowest BCUT2D eigenvalue weighted by molar-refractivity contribution is -0.132. The van der Waals surface area contributed by atoms with Crippen LogP contribution in [0.15, 0.2) is 59.0 Å². The average Bonchev–Trinajstić information content (AvgIpc) is 3.47. The number of methoxy groups -OCH3 is 1. The number of aryl methyl sites for hydroxylation is 1. The number of hydrogen-bond donors (Lipinski definition) is 0. The molecule has 212 valence electrons. The Morgan fingerprint density at radius 2 is 1.82 bits per heavy atom. The summed E-state index contributed by atoms with van der Waals surface area (Å²) < 4.78 is 17.2. The van der Waals surface area contributed by atoms with Crippen molar-refractivity contribution in [1.82, 2.24) is 14.7 Å². The van der Waals surface area contributed by atoms with Gasteiger partial charge in [-0.05, 0) is 54.3 Å². The fraction of sp³-hybridized carbons (Fsp3) is 0.438. The van der Waals surface area contributed by atoms with Gasteiger partial charge in [-0.2, -0.15) is 0 Å². The van der Waals surface area contributed by atoms with Crippen LogP contribution in [0, 0.1) is 6.92 Å². The Morgan fingerprint density at radius 1 is 1.00 bits per heavy atom. The van der Waals surface area contributed by atoms with Crippen LogP contribution in [0.3, 0.4) is 0 Å². The molecule has 0 aliphatic carbocycles. The van der Waals surface area contributed by atoms with Crippen molar-refractivity contribution in [2.45, 2.75) is 39.3 Å². The molecule has 5 rings (SSSR count). The third kappa shape index (κ3) is 6.24. The largest absolute Gasteiger partial charge is 0.486 e. The van der Waals surface area contributed by atoms with Gasteiger partial charge in [-0.1, -0.05) is 42.8 Å². The van der Waals surface area contributed by atoms with Crippen molar-refractivity contribution in [2.24, 2.45) is 0 Å². The van der Waals surface area contributed by atoms with Crippen LogP contribution in [-0.2, 0) is 22.6 Å². The van der Waals surface area contributed by atoms with E-state index in [-0.39, 0.29) is 24.5 Å². The predicted molar refractivity (Wildman–Crippen MR) is 152 cm³/mol. The van der Waals surface area contributed by atoms with Crippen molar-refractivity contribution in [3.8, 4) is 5.75 Å². The summed E-state index contributed by atoms with van der Waals surface area (Å²) in [5.41, 5.74) is 4.59. The second kappa shape index (κ2) is 12.7. The maximum Gasteiger partial charge on any atom is 0.289 e. The lowest BCUT2D eigenvalue weighted by Gasteiger charge is -2.38. The molecule has 0 bridgehead atoms. The Hall–Kier alpha value is -3.62. The third-order valence-electron chi connectivity index (χ3n) is 7.85. The first-order chi connectivity index (χ1) is 19.5. The highest BCUT2D eigenvalue weighted by atomic mass is 16.5. The van der Waals surface area contributed by atoms with Crippen molar-refractivity contribution in [3.05, 3.63) is 88.4 Å². The number of carbonyl (C=O) groups excluding carboxylic acids is 2. The van der Waals surface area contributed by atoms with Crippen LogP contribution in [0.25, 0.3) is 0 Å². The molecule has 1 saturated heterocycles. The zero-order valence-electron chi connectivity index (χ0n) is 23.7. The molecule has 1 fully saturated rings. The van der Waals surface area contributed by atoms with E-state index in [4.69, 9.17) is 13.9 Å². The molecule has 0 unspecified atom stereocenters. The molecule has 8 heteroatoms. The summed E-state index contributed by atoms with van der Waals surface area (Å²) in [6.45, 7) is 9.47. The van der Waals surface area contributed by atoms with Gasteiger partial charge in [0.2, 0.25) is 5.91 Å². The minimum Gasteiger partial charge on any atom is -0.486 e. The van der Waals surface area contributed by atoms with Crippen molar-refractivity contribution in [3.63, 3.8) is 0 Å². The standard InChI is InChI=1S/C32H39N3O5/c1-4-30(36)35-13-12-24-8-9-26(21-28(24)31(35)25-7-5-6-23(2)20-25)39-22-27-10-11-29(40-27)32(37)34-16-14-33(15-17-34)18-19-38-3/h5-11,20-21,31H,4,12-19,22H2,1-3H3/t31-/m1/s1. The lowest BCUT2D eigenvalue weighted by atomic mass is 9.87. The minimum absolute atomic E-state index is 0.0897. The fourth-order valence-electron chi connectivity index (χ4n) is 5.63. The maximum absolute atomic E-state index is 13.0. The van der Waals surface area contributed by atoms with E-state index in [2.05, 4.69) is 42.2 Å². The number of rotatable bonds is 9. The Kier molecular flexibility index (Phi) is 8.87. The molecule has 3 aromatic rings. The van der Waals surface area contributed by atoms with E-state index in [1.165, 1.54) is 5.56 Å². The van der Waals surface area contributed by atoms with E-state index < -0.39 is 0 Å². The second-order valence-corrected chi connectivity index (χ2v) is 10.5. The van der Waals surface area contributed by atoms with E-state index in [0.717, 1.165) is 42.7 Å². The Morgan fingerprint density at radius 3 is 2.58 bits per heavy atom. The second-order valence-electron chi connectivity index (χ2n) is 10.5. The predicted octanol–water partition coefficient (Wildman–Crippen LogP) is 4.46. The molecule has 1 atom stereocenters. The molecule has 2 amide bonds. The Balaban J connectivity index is 1.27. The first-order valence-electron chi connectivity index (χ1n) is 14.2. The van der Waals surface area contributed by atoms with Crippen LogP contribution in [0.1, 0.15) is 58.0 Å². The summed E-state index contributed by atoms with van der Waals surface area (Å²) in [7, 11) is 1.70. The maximum atomic E-state index is 13.0. The van der Waals surface area contributed by atoms with Gasteiger partial charge in [-0.15, -0.1) is 0 Å². The van der Waals surface area contributed by atoms with Crippen LogP contribution in [0.4, 0.5) is 0 Å². The smallest absolute Gasteiger partial charge is 0.289 e. The summed E-state index contributed by atoms with van der Waals surface area (Å²) in [4.78, 5) is 32.0. The first-order valence-corrected chi connectivity index (χ1v) is 14.2. The molecule has 1 aromatic heterocycles. The SMILES string of the molecule is CCC(=O)N1CCc2ccc(OCc3ccc(C(=O)N4CCN(CCOC)CC4)o3)cc2[C@H]1c1cccc(C)c1. The molecule has 2 aliphatic rings. The van der Waals surface area contributed by atoms with Gasteiger partial charge in [0.1, 0.15) is 18.1 Å². The first kappa shape index (κ1) is 27.9. The molecular formula is C32H39N3O5. The lowest BCUT2D eigenvalue weighted by Crippen LogP contribution is -2.49. The van der Waals surface area contributed by atoms with E-state index in [0.29, 0.717) is 49.9 Å². The van der Waals surface area contributed by atoms with E-state index >= 15 is 0 Å². The normalized spacial score (nSPS) is 17.5. The fourth-order valence-corrected chi connectivity index (χ4v) is 5.63. The number of fused-ring (bicyclic) bond motifs is 1. The summed E-state index contributed by atoms with van der Waals surface area (Å²) in [5.74, 6) is 1.69. The number of hydrogen-bond acceptors (Lipinski definition) is 6. The highest BCUT2D eigenvalue weighted by molar-refractivity contribution is 5.91. The Labute approximate surface area is 236 Å². The van der Waals surface area contributed by atoms with E-state index in [1.54, 1.807) is 19.2 Å². The molecule has 0 saturated carbocycles. The molecule has 8 nitrogen and oxygen atoms in total. The number of amides is 2. The summed E-state index contributed by atoms with van der Waals surface area (Å²) in [6, 6.07) is 17.9. The van der Waals surface area contributed by atoms with Gasteiger partial charge >= 0.3 is 0 Å². The van der Waals surface area contributed by atoms with Crippen LogP contribution >= 0.6 is 0 Å². The van der Waals surface area contributed by atoms with Crippen molar-refractivity contribution in [2.75, 3.05) is 53.0 Å². The number of carbonyl (C=O) groups is 2. The highest BCUT2D eigenvalue weighted by Crippen LogP contribution is 2.38. The third-order valence-corrected chi connectivity index (χ3v) is 7.85. The number of ether oxygens (including phenoxy) is 2. The van der Waals surface area contributed by atoms with Gasteiger partial charge in [0.15, 0.2) is 5.76 Å². The number of benzene rings is 2. The van der Waals surface area contributed by atoms with E-state index in [1.807, 2.05) is 28.9 Å². The molecule has 0 spiro atoms. The van der Waals surface area contributed by atoms with Crippen LogP contribution < -0.4 is 4.74 Å². The molecule has 0 N–H and O–H groups in total. The highest BCUT2D eigenvalue weighted by Gasteiger charge is 2.32. The molecule has 40 heavy (non-hydrogen) atoms. The quantitative estimate of drug-likeness (QED) is 0.395. The van der Waals surface area contributed by atoms with Gasteiger partial charge in [-0.25, -0.2) is 0 Å². The van der Waals surface area contributed by atoms with Crippen molar-refractivity contribution in [1.29, 1.82) is 0 Å². The van der Waals surface area contributed by atoms with Crippen molar-refractivity contribution >= 4 is 11.8 Å². The molecule has 0 radical (unpaired) electrons. The van der Waals surface area contributed by atoms with Gasteiger partial charge in [0.25, 0.3) is 5.91 Å².